The molecule has 0 saturated heterocycles. The highest BCUT2D eigenvalue weighted by atomic mass is 16.5. The quantitative estimate of drug-likeness (QED) is 0.421. The molecule has 2 aromatic heterocycles. The van der Waals surface area contributed by atoms with Crippen molar-refractivity contribution < 1.29 is 14.6 Å². The Kier molecular flexibility index (Phi) is 6.62. The zero-order valence-electron chi connectivity index (χ0n) is 17.6. The molecule has 0 unspecified atom stereocenters. The number of pyridine rings is 1. The van der Waals surface area contributed by atoms with Crippen LogP contribution in [0.3, 0.4) is 0 Å². The number of rotatable bonds is 9. The van der Waals surface area contributed by atoms with Crippen LogP contribution in [-0.4, -0.2) is 31.0 Å². The Bertz CT molecular complexity index is 1200. The van der Waals surface area contributed by atoms with E-state index in [9.17, 15) is 9.90 Å². The van der Waals surface area contributed by atoms with Gasteiger partial charge < -0.3 is 14.6 Å². The van der Waals surface area contributed by atoms with Gasteiger partial charge in [0.2, 0.25) is 0 Å². The molecule has 0 spiro atoms. The molecule has 4 rings (SSSR count). The summed E-state index contributed by atoms with van der Waals surface area (Å²) in [5.74, 6) is 1.28. The van der Waals surface area contributed by atoms with Crippen molar-refractivity contribution in [3.8, 4) is 23.0 Å². The number of aliphatic hydroxyl groups is 1. The van der Waals surface area contributed by atoms with Gasteiger partial charge in [-0.15, -0.1) is 0 Å². The lowest BCUT2D eigenvalue weighted by Crippen LogP contribution is -2.23. The molecule has 1 atom stereocenters. The number of hydrogen-bond donors (Lipinski definition) is 2. The van der Waals surface area contributed by atoms with E-state index in [1.165, 1.54) is 4.57 Å². The molecule has 2 aromatic carbocycles. The van der Waals surface area contributed by atoms with Crippen LogP contribution in [0.2, 0.25) is 0 Å². The maximum atomic E-state index is 12.1. The molecular weight excluding hydrogens is 408 g/mol. The number of aliphatic hydroxyl groups excluding tert-OH is 1. The molecule has 4 aromatic rings. The number of hydrogen-bond acceptors (Lipinski definition) is 6. The summed E-state index contributed by atoms with van der Waals surface area (Å²) < 4.78 is 13.4. The SMILES string of the molecule is C[C@@H](O)Cn1c(-c2cc(OCc3ccccc3)c(OCc3ccccc3)cn2)n[nH]c1=O. The van der Waals surface area contributed by atoms with Gasteiger partial charge in [-0.1, -0.05) is 60.7 Å². The van der Waals surface area contributed by atoms with Gasteiger partial charge in [0, 0.05) is 6.07 Å². The first-order valence-corrected chi connectivity index (χ1v) is 10.3. The maximum absolute atomic E-state index is 12.1. The fourth-order valence-electron chi connectivity index (χ4n) is 3.19. The van der Waals surface area contributed by atoms with Crippen molar-refractivity contribution >= 4 is 0 Å². The van der Waals surface area contributed by atoms with Crippen molar-refractivity contribution in [2.75, 3.05) is 0 Å². The van der Waals surface area contributed by atoms with Crippen molar-refractivity contribution in [3.05, 3.63) is 94.5 Å². The van der Waals surface area contributed by atoms with Crippen molar-refractivity contribution in [2.24, 2.45) is 0 Å². The highest BCUT2D eigenvalue weighted by Crippen LogP contribution is 2.31. The molecule has 0 aliphatic heterocycles. The van der Waals surface area contributed by atoms with Crippen molar-refractivity contribution in [3.63, 3.8) is 0 Å². The number of aromatic nitrogens is 4. The van der Waals surface area contributed by atoms with Crippen LogP contribution in [0.4, 0.5) is 0 Å². The number of H-pyrrole nitrogens is 1. The highest BCUT2D eigenvalue weighted by Gasteiger charge is 2.17. The Morgan fingerprint density at radius 3 is 2.16 bits per heavy atom. The first-order valence-electron chi connectivity index (χ1n) is 10.3. The Balaban J connectivity index is 1.64. The third-order valence-corrected chi connectivity index (χ3v) is 4.74. The monoisotopic (exact) mass is 432 g/mol. The second-order valence-electron chi connectivity index (χ2n) is 7.38. The normalized spacial score (nSPS) is 11.8. The van der Waals surface area contributed by atoms with Crippen molar-refractivity contribution in [2.45, 2.75) is 32.8 Å². The minimum absolute atomic E-state index is 0.0960. The molecule has 2 heterocycles. The van der Waals surface area contributed by atoms with Gasteiger partial charge in [-0.05, 0) is 18.1 Å². The van der Waals surface area contributed by atoms with Crippen LogP contribution in [0.5, 0.6) is 11.5 Å². The number of ether oxygens (including phenoxy) is 2. The minimum atomic E-state index is -0.716. The third-order valence-electron chi connectivity index (χ3n) is 4.74. The summed E-state index contributed by atoms with van der Waals surface area (Å²) in [6.07, 6.45) is 0.844. The lowest BCUT2D eigenvalue weighted by Gasteiger charge is -2.14. The Labute approximate surface area is 185 Å². The van der Waals surface area contributed by atoms with Gasteiger partial charge in [-0.3, -0.25) is 4.57 Å². The van der Waals surface area contributed by atoms with Crippen LogP contribution >= 0.6 is 0 Å². The first kappa shape index (κ1) is 21.3. The summed E-state index contributed by atoms with van der Waals surface area (Å²) >= 11 is 0. The van der Waals surface area contributed by atoms with E-state index in [1.54, 1.807) is 19.2 Å². The second-order valence-corrected chi connectivity index (χ2v) is 7.38. The van der Waals surface area contributed by atoms with Gasteiger partial charge >= 0.3 is 5.69 Å². The Morgan fingerprint density at radius 2 is 1.56 bits per heavy atom. The lowest BCUT2D eigenvalue weighted by molar-refractivity contribution is 0.172. The van der Waals surface area contributed by atoms with Crippen molar-refractivity contribution in [1.82, 2.24) is 19.7 Å². The topological polar surface area (TPSA) is 102 Å². The van der Waals surface area contributed by atoms with Gasteiger partial charge in [0.25, 0.3) is 0 Å². The lowest BCUT2D eigenvalue weighted by atomic mass is 10.2. The molecular formula is C24H24N4O4. The molecule has 0 aliphatic carbocycles. The van der Waals surface area contributed by atoms with E-state index in [1.807, 2.05) is 60.7 Å². The average molecular weight is 432 g/mol. The molecule has 8 heteroatoms. The van der Waals surface area contributed by atoms with Gasteiger partial charge in [0.15, 0.2) is 17.3 Å². The summed E-state index contributed by atoms with van der Waals surface area (Å²) in [7, 11) is 0. The highest BCUT2D eigenvalue weighted by molar-refractivity contribution is 5.55. The fourth-order valence-corrected chi connectivity index (χ4v) is 3.19. The van der Waals surface area contributed by atoms with Crippen LogP contribution in [0.1, 0.15) is 18.1 Å². The third kappa shape index (κ3) is 5.22. The van der Waals surface area contributed by atoms with E-state index in [4.69, 9.17) is 9.47 Å². The molecule has 0 aliphatic rings. The molecule has 32 heavy (non-hydrogen) atoms. The van der Waals surface area contributed by atoms with E-state index in [2.05, 4.69) is 15.2 Å². The summed E-state index contributed by atoms with van der Waals surface area (Å²) in [6, 6.07) is 21.3. The van der Waals surface area contributed by atoms with Gasteiger partial charge in [0.1, 0.15) is 18.9 Å². The van der Waals surface area contributed by atoms with Gasteiger partial charge in [-0.2, -0.15) is 5.10 Å². The van der Waals surface area contributed by atoms with Gasteiger partial charge in [-0.25, -0.2) is 14.9 Å². The van der Waals surface area contributed by atoms with E-state index in [0.29, 0.717) is 36.2 Å². The van der Waals surface area contributed by atoms with E-state index in [-0.39, 0.29) is 6.54 Å². The zero-order valence-corrected chi connectivity index (χ0v) is 17.6. The molecule has 2 N–H and O–H groups in total. The molecule has 8 nitrogen and oxygen atoms in total. The Morgan fingerprint density at radius 1 is 0.969 bits per heavy atom. The predicted molar refractivity (Wildman–Crippen MR) is 119 cm³/mol. The molecule has 0 amide bonds. The Hall–Kier alpha value is -3.91. The molecule has 164 valence electrons. The zero-order chi connectivity index (χ0) is 22.3. The first-order chi connectivity index (χ1) is 15.6. The van der Waals surface area contributed by atoms with Crippen LogP contribution in [0, 0.1) is 0 Å². The summed E-state index contributed by atoms with van der Waals surface area (Å²) in [5.41, 5.74) is 2.03. The molecule has 0 saturated carbocycles. The van der Waals surface area contributed by atoms with Crippen LogP contribution in [0.15, 0.2) is 77.7 Å². The van der Waals surface area contributed by atoms with Crippen molar-refractivity contribution in [1.29, 1.82) is 0 Å². The second kappa shape index (κ2) is 9.93. The smallest absolute Gasteiger partial charge is 0.343 e. The van der Waals surface area contributed by atoms with Crippen LogP contribution < -0.4 is 15.2 Å². The largest absolute Gasteiger partial charge is 0.485 e. The molecule has 0 radical (unpaired) electrons. The van der Waals surface area contributed by atoms with E-state index in [0.717, 1.165) is 11.1 Å². The molecule has 0 bridgehead atoms. The fraction of sp³-hybridized carbons (Fsp3) is 0.208. The van der Waals surface area contributed by atoms with Gasteiger partial charge in [0.05, 0.1) is 18.8 Å². The summed E-state index contributed by atoms with van der Waals surface area (Å²) in [5, 5.41) is 16.2. The minimum Gasteiger partial charge on any atom is -0.485 e. The summed E-state index contributed by atoms with van der Waals surface area (Å²) in [6.45, 7) is 2.40. The number of nitrogens with one attached hydrogen (secondary N) is 1. The van der Waals surface area contributed by atoms with E-state index >= 15 is 0 Å². The predicted octanol–water partition coefficient (Wildman–Crippen LogP) is 3.17. The number of aromatic amines is 1. The average Bonchev–Trinajstić information content (AvgIpc) is 3.17. The van der Waals surface area contributed by atoms with Crippen LogP contribution in [-0.2, 0) is 19.8 Å². The van der Waals surface area contributed by atoms with E-state index < -0.39 is 11.8 Å². The summed E-state index contributed by atoms with van der Waals surface area (Å²) in [4.78, 5) is 16.6. The standard InChI is InChI=1S/C24H24N4O4/c1-17(29)14-28-23(26-27-24(28)30)20-12-21(31-15-18-8-4-2-5-9-18)22(13-25-20)32-16-19-10-6-3-7-11-19/h2-13,17,29H,14-16H2,1H3,(H,27,30)/t17-/m1/s1. The number of nitrogens with zero attached hydrogens (tertiary/aromatic N) is 3. The maximum Gasteiger partial charge on any atom is 0.343 e. The molecule has 0 fully saturated rings. The number of benzene rings is 2. The van der Waals surface area contributed by atoms with Crippen LogP contribution in [0.25, 0.3) is 11.5 Å².